The largest absolute Gasteiger partial charge is 0.573 e. The second-order valence-corrected chi connectivity index (χ2v) is 3.42. The average Bonchev–Trinajstić information content (AvgIpc) is 2.42. The summed E-state index contributed by atoms with van der Waals surface area (Å²) in [6.07, 6.45) is -4.81. The van der Waals surface area contributed by atoms with Gasteiger partial charge in [-0.05, 0) is 12.1 Å². The van der Waals surface area contributed by atoms with Gasteiger partial charge in [0.15, 0.2) is 0 Å². The van der Waals surface area contributed by atoms with Gasteiger partial charge in [-0.15, -0.1) is 13.2 Å². The summed E-state index contributed by atoms with van der Waals surface area (Å²) in [7, 11) is 1.31. The maximum absolute atomic E-state index is 12.0. The topological polar surface area (TPSA) is 46.6 Å². The number of fused-ring (bicyclic) bond motifs is 1. The van der Waals surface area contributed by atoms with Gasteiger partial charge in [-0.25, -0.2) is 0 Å². The number of ketones is 1. The molecule has 4 nitrogen and oxygen atoms in total. The van der Waals surface area contributed by atoms with Crippen molar-refractivity contribution in [1.29, 1.82) is 0 Å². The third kappa shape index (κ3) is 1.95. The molecular formula is C10H6F3NO3. The van der Waals surface area contributed by atoms with E-state index in [-0.39, 0.29) is 11.3 Å². The van der Waals surface area contributed by atoms with E-state index in [1.54, 1.807) is 0 Å². The zero-order valence-electron chi connectivity index (χ0n) is 8.54. The summed E-state index contributed by atoms with van der Waals surface area (Å²) in [5.41, 5.74) is 0.189. The number of amides is 1. The molecule has 0 aromatic heterocycles. The highest BCUT2D eigenvalue weighted by atomic mass is 19.4. The summed E-state index contributed by atoms with van der Waals surface area (Å²) in [6.45, 7) is 0. The monoisotopic (exact) mass is 245 g/mol. The molecule has 0 saturated heterocycles. The average molecular weight is 245 g/mol. The van der Waals surface area contributed by atoms with Crippen LogP contribution in [0.25, 0.3) is 0 Å². The Hall–Kier alpha value is -2.05. The number of likely N-dealkylation sites (N-methyl/N-ethyl adjacent to an activating group) is 1. The van der Waals surface area contributed by atoms with Crippen molar-refractivity contribution in [2.75, 3.05) is 11.9 Å². The van der Waals surface area contributed by atoms with Gasteiger partial charge in [0.2, 0.25) is 0 Å². The first-order valence-corrected chi connectivity index (χ1v) is 4.52. The second-order valence-electron chi connectivity index (χ2n) is 3.42. The van der Waals surface area contributed by atoms with E-state index >= 15 is 0 Å². The molecule has 90 valence electrons. The molecule has 7 heteroatoms. The third-order valence-corrected chi connectivity index (χ3v) is 2.31. The Morgan fingerprint density at radius 2 is 1.88 bits per heavy atom. The van der Waals surface area contributed by atoms with Crippen LogP contribution in [0.15, 0.2) is 18.2 Å². The summed E-state index contributed by atoms with van der Waals surface area (Å²) in [6, 6.07) is 3.14. The zero-order chi connectivity index (χ0) is 12.8. The van der Waals surface area contributed by atoms with E-state index in [4.69, 9.17) is 0 Å². The minimum atomic E-state index is -4.81. The van der Waals surface area contributed by atoms with Gasteiger partial charge in [0.25, 0.3) is 11.7 Å². The molecule has 0 bridgehead atoms. The molecule has 17 heavy (non-hydrogen) atoms. The normalized spacial score (nSPS) is 15.2. The summed E-state index contributed by atoms with van der Waals surface area (Å²) in [5, 5.41) is 0. The molecule has 1 amide bonds. The van der Waals surface area contributed by atoms with Crippen molar-refractivity contribution < 1.29 is 27.5 Å². The first kappa shape index (κ1) is 11.4. The number of alkyl halides is 3. The number of nitrogens with zero attached hydrogens (tertiary/aromatic N) is 1. The minimum Gasteiger partial charge on any atom is -0.406 e. The van der Waals surface area contributed by atoms with E-state index in [0.717, 1.165) is 23.1 Å². The third-order valence-electron chi connectivity index (χ3n) is 2.31. The number of hydrogen-bond acceptors (Lipinski definition) is 3. The molecule has 1 aliphatic heterocycles. The first-order valence-electron chi connectivity index (χ1n) is 4.52. The fraction of sp³-hybridized carbons (Fsp3) is 0.200. The standard InChI is InChI=1S/C10H6F3NO3/c1-14-7-4-5(17-10(11,12)13)2-3-6(7)8(15)9(14)16/h2-4H,1H3. The molecule has 1 heterocycles. The number of benzene rings is 1. The fourth-order valence-corrected chi connectivity index (χ4v) is 1.56. The lowest BCUT2D eigenvalue weighted by molar-refractivity contribution is -0.274. The van der Waals surface area contributed by atoms with E-state index in [9.17, 15) is 22.8 Å². The maximum Gasteiger partial charge on any atom is 0.573 e. The van der Waals surface area contributed by atoms with Crippen molar-refractivity contribution in [2.45, 2.75) is 6.36 Å². The summed E-state index contributed by atoms with van der Waals surface area (Å²) in [4.78, 5) is 23.6. The van der Waals surface area contributed by atoms with Crippen LogP contribution >= 0.6 is 0 Å². The van der Waals surface area contributed by atoms with Crippen LogP contribution in [0.3, 0.4) is 0 Å². The lowest BCUT2D eigenvalue weighted by atomic mass is 10.1. The van der Waals surface area contributed by atoms with Crippen LogP contribution in [0.4, 0.5) is 18.9 Å². The highest BCUT2D eigenvalue weighted by molar-refractivity contribution is 6.52. The van der Waals surface area contributed by atoms with Crippen molar-refractivity contribution in [3.05, 3.63) is 23.8 Å². The van der Waals surface area contributed by atoms with Crippen LogP contribution in [-0.2, 0) is 4.79 Å². The van der Waals surface area contributed by atoms with Crippen LogP contribution in [0.2, 0.25) is 0 Å². The van der Waals surface area contributed by atoms with E-state index < -0.39 is 23.8 Å². The lowest BCUT2D eigenvalue weighted by Crippen LogP contribution is -2.24. The number of Topliss-reactive ketones (excluding diaryl/α,β-unsaturated/α-hetero) is 1. The van der Waals surface area contributed by atoms with Gasteiger partial charge in [-0.2, -0.15) is 0 Å². The molecule has 0 aliphatic carbocycles. The molecule has 0 spiro atoms. The Kier molecular flexibility index (Phi) is 2.34. The van der Waals surface area contributed by atoms with Crippen molar-refractivity contribution in [1.82, 2.24) is 0 Å². The molecule has 2 rings (SSSR count). The van der Waals surface area contributed by atoms with Gasteiger partial charge in [-0.3, -0.25) is 9.59 Å². The SMILES string of the molecule is CN1C(=O)C(=O)c2ccc(OC(F)(F)F)cc21. The molecule has 1 aliphatic rings. The number of anilines is 1. The highest BCUT2D eigenvalue weighted by Crippen LogP contribution is 2.33. The summed E-state index contributed by atoms with van der Waals surface area (Å²) in [5.74, 6) is -1.98. The Morgan fingerprint density at radius 3 is 2.47 bits per heavy atom. The predicted molar refractivity (Wildman–Crippen MR) is 50.9 cm³/mol. The van der Waals surface area contributed by atoms with Gasteiger partial charge in [-0.1, -0.05) is 0 Å². The van der Waals surface area contributed by atoms with E-state index in [1.165, 1.54) is 7.05 Å². The molecule has 0 atom stereocenters. The van der Waals surface area contributed by atoms with Gasteiger partial charge in [0.05, 0.1) is 11.3 Å². The van der Waals surface area contributed by atoms with Crippen molar-refractivity contribution in [3.63, 3.8) is 0 Å². The Labute approximate surface area is 93.6 Å². The molecule has 1 aromatic rings. The lowest BCUT2D eigenvalue weighted by Gasteiger charge is -2.12. The zero-order valence-corrected chi connectivity index (χ0v) is 8.54. The second kappa shape index (κ2) is 3.47. The molecule has 1 aromatic carbocycles. The van der Waals surface area contributed by atoms with E-state index in [0.29, 0.717) is 0 Å². The van der Waals surface area contributed by atoms with E-state index in [2.05, 4.69) is 4.74 Å². The van der Waals surface area contributed by atoms with Crippen LogP contribution < -0.4 is 9.64 Å². The smallest absolute Gasteiger partial charge is 0.406 e. The number of ether oxygens (including phenoxy) is 1. The van der Waals surface area contributed by atoms with Gasteiger partial charge in [0.1, 0.15) is 5.75 Å². The van der Waals surface area contributed by atoms with Crippen LogP contribution in [0.1, 0.15) is 10.4 Å². The van der Waals surface area contributed by atoms with Gasteiger partial charge in [0, 0.05) is 13.1 Å². The maximum atomic E-state index is 12.0. The number of rotatable bonds is 1. The molecular weight excluding hydrogens is 239 g/mol. The number of halogens is 3. The predicted octanol–water partition coefficient (Wildman–Crippen LogP) is 1.74. The molecule has 0 fully saturated rings. The van der Waals surface area contributed by atoms with Gasteiger partial charge < -0.3 is 9.64 Å². The summed E-state index contributed by atoms with van der Waals surface area (Å²) < 4.78 is 39.6. The van der Waals surface area contributed by atoms with Crippen molar-refractivity contribution in [2.24, 2.45) is 0 Å². The Bertz CT molecular complexity index is 510. The Balaban J connectivity index is 2.40. The quantitative estimate of drug-likeness (QED) is 0.708. The van der Waals surface area contributed by atoms with Crippen LogP contribution in [0.5, 0.6) is 5.75 Å². The number of hydrogen-bond donors (Lipinski definition) is 0. The van der Waals surface area contributed by atoms with Crippen molar-refractivity contribution >= 4 is 17.4 Å². The number of carbonyl (C=O) groups excluding carboxylic acids is 2. The van der Waals surface area contributed by atoms with Crippen LogP contribution in [-0.4, -0.2) is 25.1 Å². The molecule has 0 radical (unpaired) electrons. The van der Waals surface area contributed by atoms with Gasteiger partial charge >= 0.3 is 6.36 Å². The van der Waals surface area contributed by atoms with Crippen LogP contribution in [0, 0.1) is 0 Å². The highest BCUT2D eigenvalue weighted by Gasteiger charge is 2.35. The minimum absolute atomic E-state index is 0.0759. The number of carbonyl (C=O) groups is 2. The first-order chi connectivity index (χ1) is 7.79. The fourth-order valence-electron chi connectivity index (χ4n) is 1.56. The van der Waals surface area contributed by atoms with E-state index in [1.807, 2.05) is 0 Å². The Morgan fingerprint density at radius 1 is 1.24 bits per heavy atom. The molecule has 0 unspecified atom stereocenters. The molecule has 0 N–H and O–H groups in total. The molecule has 0 saturated carbocycles. The summed E-state index contributed by atoms with van der Waals surface area (Å²) >= 11 is 0. The van der Waals surface area contributed by atoms with Crippen molar-refractivity contribution in [3.8, 4) is 5.75 Å².